The van der Waals surface area contributed by atoms with Crippen molar-refractivity contribution in [3.8, 4) is 0 Å². The standard InChI is InChI=1S/C20H29N3O2/c1-4-16-9-5-6-10-17(16)21-19(25)23-14-8-12-20(23)11-7-13-22(15(2)3)18(20)24/h5-6,9-10,15H,4,7-8,11-14H2,1-3H3,(H,21,25). The first-order chi connectivity index (χ1) is 12.0. The molecule has 1 spiro atoms. The summed E-state index contributed by atoms with van der Waals surface area (Å²) < 4.78 is 0. The number of aryl methyl sites for hydroxylation is 1. The van der Waals surface area contributed by atoms with E-state index in [0.717, 1.165) is 49.9 Å². The number of piperidine rings is 1. The van der Waals surface area contributed by atoms with Crippen LogP contribution in [0.2, 0.25) is 0 Å². The van der Waals surface area contributed by atoms with Crippen LogP contribution in [0.1, 0.15) is 52.0 Å². The number of carbonyl (C=O) groups excluding carboxylic acids is 2. The number of nitrogens with one attached hydrogen (secondary N) is 1. The van der Waals surface area contributed by atoms with Crippen molar-refractivity contribution in [2.75, 3.05) is 18.4 Å². The average molecular weight is 343 g/mol. The molecular weight excluding hydrogens is 314 g/mol. The molecule has 2 aliphatic rings. The molecule has 2 saturated heterocycles. The normalized spacial score (nSPS) is 23.6. The molecule has 25 heavy (non-hydrogen) atoms. The molecule has 2 fully saturated rings. The van der Waals surface area contributed by atoms with Gasteiger partial charge in [-0.25, -0.2) is 4.79 Å². The highest BCUT2D eigenvalue weighted by atomic mass is 16.2. The predicted octanol–water partition coefficient (Wildman–Crippen LogP) is 3.65. The Kier molecular flexibility index (Phi) is 5.02. The number of amides is 3. The molecule has 1 unspecified atom stereocenters. The maximum absolute atomic E-state index is 13.2. The van der Waals surface area contributed by atoms with E-state index in [1.165, 1.54) is 0 Å². The van der Waals surface area contributed by atoms with E-state index in [2.05, 4.69) is 12.2 Å². The van der Waals surface area contributed by atoms with Crippen LogP contribution in [-0.4, -0.2) is 46.4 Å². The third-order valence-electron chi connectivity index (χ3n) is 5.65. The molecule has 3 rings (SSSR count). The summed E-state index contributed by atoms with van der Waals surface area (Å²) in [6.07, 6.45) is 4.26. The van der Waals surface area contributed by atoms with E-state index in [9.17, 15) is 9.59 Å². The maximum atomic E-state index is 13.2. The van der Waals surface area contributed by atoms with E-state index in [1.807, 2.05) is 43.0 Å². The van der Waals surface area contributed by atoms with Crippen LogP contribution in [0.4, 0.5) is 10.5 Å². The second-order valence-corrected chi connectivity index (χ2v) is 7.42. The Balaban J connectivity index is 1.83. The van der Waals surface area contributed by atoms with Crippen molar-refractivity contribution in [2.45, 2.75) is 64.5 Å². The van der Waals surface area contributed by atoms with Crippen LogP contribution in [-0.2, 0) is 11.2 Å². The Labute approximate surface area is 150 Å². The fourth-order valence-electron chi connectivity index (χ4n) is 4.30. The third-order valence-corrected chi connectivity index (χ3v) is 5.65. The molecule has 5 nitrogen and oxygen atoms in total. The summed E-state index contributed by atoms with van der Waals surface area (Å²) in [4.78, 5) is 29.9. The molecule has 1 N–H and O–H groups in total. The lowest BCUT2D eigenvalue weighted by molar-refractivity contribution is -0.147. The number of hydrogen-bond acceptors (Lipinski definition) is 2. The van der Waals surface area contributed by atoms with Crippen molar-refractivity contribution in [1.82, 2.24) is 9.80 Å². The minimum atomic E-state index is -0.645. The number of nitrogens with zero attached hydrogens (tertiary/aromatic N) is 2. The molecule has 2 heterocycles. The number of anilines is 1. The zero-order chi connectivity index (χ0) is 18.0. The first-order valence-electron chi connectivity index (χ1n) is 9.47. The van der Waals surface area contributed by atoms with Gasteiger partial charge < -0.3 is 15.1 Å². The van der Waals surface area contributed by atoms with Crippen LogP contribution >= 0.6 is 0 Å². The SMILES string of the molecule is CCc1ccccc1NC(=O)N1CCCC12CCCN(C(C)C)C2=O. The summed E-state index contributed by atoms with van der Waals surface area (Å²) in [5.41, 5.74) is 1.32. The van der Waals surface area contributed by atoms with Crippen molar-refractivity contribution in [1.29, 1.82) is 0 Å². The van der Waals surface area contributed by atoms with E-state index < -0.39 is 5.54 Å². The molecule has 0 aromatic heterocycles. The number of benzene rings is 1. The summed E-state index contributed by atoms with van der Waals surface area (Å²) in [5.74, 6) is 0.130. The average Bonchev–Trinajstić information content (AvgIpc) is 3.02. The molecular formula is C20H29N3O2. The lowest BCUT2D eigenvalue weighted by atomic mass is 9.85. The van der Waals surface area contributed by atoms with Crippen LogP contribution < -0.4 is 5.32 Å². The van der Waals surface area contributed by atoms with Gasteiger partial charge in [-0.05, 0) is 57.6 Å². The molecule has 1 aromatic rings. The van der Waals surface area contributed by atoms with Crippen LogP contribution in [0, 0.1) is 0 Å². The monoisotopic (exact) mass is 343 g/mol. The smallest absolute Gasteiger partial charge is 0.322 e. The Morgan fingerprint density at radius 3 is 2.56 bits per heavy atom. The molecule has 0 radical (unpaired) electrons. The van der Waals surface area contributed by atoms with Gasteiger partial charge in [0.15, 0.2) is 0 Å². The van der Waals surface area contributed by atoms with Crippen molar-refractivity contribution in [3.63, 3.8) is 0 Å². The number of likely N-dealkylation sites (tertiary alicyclic amines) is 2. The number of hydrogen-bond donors (Lipinski definition) is 1. The van der Waals surface area contributed by atoms with Gasteiger partial charge in [0.1, 0.15) is 5.54 Å². The number of carbonyl (C=O) groups is 2. The lowest BCUT2D eigenvalue weighted by Crippen LogP contribution is -2.63. The van der Waals surface area contributed by atoms with Crippen molar-refractivity contribution in [2.24, 2.45) is 0 Å². The Bertz CT molecular complexity index is 658. The minimum absolute atomic E-state index is 0.130. The largest absolute Gasteiger partial charge is 0.338 e. The van der Waals surface area contributed by atoms with E-state index in [0.29, 0.717) is 6.54 Å². The van der Waals surface area contributed by atoms with Gasteiger partial charge in [0.05, 0.1) is 0 Å². The number of urea groups is 1. The molecule has 0 aliphatic carbocycles. The zero-order valence-electron chi connectivity index (χ0n) is 15.5. The molecule has 3 amide bonds. The van der Waals surface area contributed by atoms with Gasteiger partial charge in [-0.1, -0.05) is 25.1 Å². The fourth-order valence-corrected chi connectivity index (χ4v) is 4.30. The first kappa shape index (κ1) is 17.8. The van der Waals surface area contributed by atoms with Crippen LogP contribution in [0.25, 0.3) is 0 Å². The quantitative estimate of drug-likeness (QED) is 0.911. The van der Waals surface area contributed by atoms with Gasteiger partial charge in [-0.2, -0.15) is 0 Å². The van der Waals surface area contributed by atoms with Gasteiger partial charge in [-0.3, -0.25) is 4.79 Å². The molecule has 0 bridgehead atoms. The second-order valence-electron chi connectivity index (χ2n) is 7.42. The number of para-hydroxylation sites is 1. The van der Waals surface area contributed by atoms with Crippen LogP contribution in [0.3, 0.4) is 0 Å². The molecule has 5 heteroatoms. The van der Waals surface area contributed by atoms with Gasteiger partial charge in [0.2, 0.25) is 5.91 Å². The van der Waals surface area contributed by atoms with Gasteiger partial charge >= 0.3 is 6.03 Å². The summed E-state index contributed by atoms with van der Waals surface area (Å²) >= 11 is 0. The summed E-state index contributed by atoms with van der Waals surface area (Å²) in [6.45, 7) is 7.62. The lowest BCUT2D eigenvalue weighted by Gasteiger charge is -2.45. The van der Waals surface area contributed by atoms with Crippen LogP contribution in [0.15, 0.2) is 24.3 Å². The van der Waals surface area contributed by atoms with Gasteiger partial charge in [-0.15, -0.1) is 0 Å². The highest BCUT2D eigenvalue weighted by Crippen LogP contribution is 2.39. The molecule has 2 aliphatic heterocycles. The Morgan fingerprint density at radius 2 is 1.88 bits per heavy atom. The van der Waals surface area contributed by atoms with E-state index in [1.54, 1.807) is 4.90 Å². The zero-order valence-corrected chi connectivity index (χ0v) is 15.5. The van der Waals surface area contributed by atoms with Gasteiger partial charge in [0.25, 0.3) is 0 Å². The Hall–Kier alpha value is -2.04. The van der Waals surface area contributed by atoms with Crippen molar-refractivity contribution >= 4 is 17.6 Å². The first-order valence-corrected chi connectivity index (χ1v) is 9.47. The van der Waals surface area contributed by atoms with E-state index in [4.69, 9.17) is 0 Å². The molecule has 1 aromatic carbocycles. The van der Waals surface area contributed by atoms with E-state index in [-0.39, 0.29) is 18.0 Å². The van der Waals surface area contributed by atoms with Crippen molar-refractivity contribution < 1.29 is 9.59 Å². The molecule has 1 atom stereocenters. The van der Waals surface area contributed by atoms with Crippen LogP contribution in [0.5, 0.6) is 0 Å². The van der Waals surface area contributed by atoms with Gasteiger partial charge in [0, 0.05) is 24.8 Å². The molecule has 0 saturated carbocycles. The predicted molar refractivity (Wildman–Crippen MR) is 99.6 cm³/mol. The number of rotatable bonds is 3. The summed E-state index contributed by atoms with van der Waals surface area (Å²) in [6, 6.07) is 7.91. The van der Waals surface area contributed by atoms with E-state index >= 15 is 0 Å². The third kappa shape index (κ3) is 3.12. The Morgan fingerprint density at radius 1 is 1.20 bits per heavy atom. The summed E-state index contributed by atoms with van der Waals surface area (Å²) in [5, 5.41) is 3.06. The summed E-state index contributed by atoms with van der Waals surface area (Å²) in [7, 11) is 0. The van der Waals surface area contributed by atoms with Crippen molar-refractivity contribution in [3.05, 3.63) is 29.8 Å². The highest BCUT2D eigenvalue weighted by Gasteiger charge is 2.53. The topological polar surface area (TPSA) is 52.7 Å². The minimum Gasteiger partial charge on any atom is -0.338 e. The fraction of sp³-hybridized carbons (Fsp3) is 0.600. The highest BCUT2D eigenvalue weighted by molar-refractivity contribution is 5.97. The maximum Gasteiger partial charge on any atom is 0.322 e. The second kappa shape index (κ2) is 7.06. The molecule has 136 valence electrons.